The first-order chi connectivity index (χ1) is 12.1. The fraction of sp³-hybridized carbons (Fsp3) is 0.211. The number of ether oxygens (including phenoxy) is 2. The first kappa shape index (κ1) is 16.7. The summed E-state index contributed by atoms with van der Waals surface area (Å²) in [6.07, 6.45) is 3.22. The van der Waals surface area contributed by atoms with Gasteiger partial charge in [0, 0.05) is 23.5 Å². The minimum Gasteiger partial charge on any atom is -0.497 e. The molecule has 0 aliphatic heterocycles. The van der Waals surface area contributed by atoms with Crippen LogP contribution < -0.4 is 4.74 Å². The number of benzene rings is 1. The predicted octanol–water partition coefficient (Wildman–Crippen LogP) is 2.76. The topological polar surface area (TPSA) is 70.4 Å². The number of esters is 1. The molecule has 0 bridgehead atoms. The monoisotopic (exact) mass is 338 g/mol. The summed E-state index contributed by atoms with van der Waals surface area (Å²) in [6.45, 7) is 1.82. The average molecular weight is 338 g/mol. The van der Waals surface area contributed by atoms with Crippen molar-refractivity contribution in [3.63, 3.8) is 0 Å². The highest BCUT2D eigenvalue weighted by molar-refractivity contribution is 6.04. The standard InChI is InChI=1S/C19H18N2O4/c1-12-15(10-18(22)25-3)16-9-14(24-2)6-7-17(16)21(12)19(23)13-5-4-8-20-11-13/h4-9,11H,10H2,1-3H3. The molecule has 0 atom stereocenters. The van der Waals surface area contributed by atoms with E-state index in [2.05, 4.69) is 4.98 Å². The lowest BCUT2D eigenvalue weighted by atomic mass is 10.1. The molecular formula is C19H18N2O4. The minimum absolute atomic E-state index is 0.0827. The Balaban J connectivity index is 2.23. The second-order valence-corrected chi connectivity index (χ2v) is 5.58. The van der Waals surface area contributed by atoms with Gasteiger partial charge < -0.3 is 9.47 Å². The maximum atomic E-state index is 13.0. The first-order valence-electron chi connectivity index (χ1n) is 7.76. The van der Waals surface area contributed by atoms with Gasteiger partial charge in [-0.1, -0.05) is 0 Å². The lowest BCUT2D eigenvalue weighted by Crippen LogP contribution is -2.14. The van der Waals surface area contributed by atoms with Crippen molar-refractivity contribution in [2.75, 3.05) is 14.2 Å². The van der Waals surface area contributed by atoms with E-state index in [1.165, 1.54) is 13.3 Å². The number of hydrogen-bond acceptors (Lipinski definition) is 5. The second kappa shape index (κ2) is 6.76. The van der Waals surface area contributed by atoms with Gasteiger partial charge in [-0.25, -0.2) is 0 Å². The van der Waals surface area contributed by atoms with Crippen molar-refractivity contribution >= 4 is 22.8 Å². The maximum Gasteiger partial charge on any atom is 0.310 e. The van der Waals surface area contributed by atoms with Crippen molar-refractivity contribution in [2.45, 2.75) is 13.3 Å². The Morgan fingerprint density at radius 3 is 2.64 bits per heavy atom. The molecule has 3 rings (SSSR count). The summed E-state index contributed by atoms with van der Waals surface area (Å²) in [7, 11) is 2.92. The molecule has 2 heterocycles. The number of fused-ring (bicyclic) bond motifs is 1. The lowest BCUT2D eigenvalue weighted by Gasteiger charge is -2.07. The van der Waals surface area contributed by atoms with E-state index in [1.54, 1.807) is 36.1 Å². The number of aromatic nitrogens is 2. The molecule has 0 aliphatic rings. The van der Waals surface area contributed by atoms with Gasteiger partial charge in [-0.05, 0) is 42.8 Å². The number of methoxy groups -OCH3 is 2. The van der Waals surface area contributed by atoms with Crippen LogP contribution >= 0.6 is 0 Å². The van der Waals surface area contributed by atoms with Gasteiger partial charge in [-0.3, -0.25) is 19.1 Å². The van der Waals surface area contributed by atoms with Crippen LogP contribution in [0.5, 0.6) is 5.75 Å². The van der Waals surface area contributed by atoms with Gasteiger partial charge in [0.25, 0.3) is 5.91 Å². The Kier molecular flexibility index (Phi) is 4.52. The SMILES string of the molecule is COC(=O)Cc1c(C)n(C(=O)c2cccnc2)c2ccc(OC)cc12. The van der Waals surface area contributed by atoms with Crippen LogP contribution in [-0.4, -0.2) is 35.6 Å². The Morgan fingerprint density at radius 1 is 1.20 bits per heavy atom. The predicted molar refractivity (Wildman–Crippen MR) is 92.9 cm³/mol. The van der Waals surface area contributed by atoms with E-state index in [1.807, 2.05) is 19.1 Å². The Bertz CT molecular complexity index is 945. The van der Waals surface area contributed by atoms with E-state index >= 15 is 0 Å². The van der Waals surface area contributed by atoms with Crippen LogP contribution in [0.2, 0.25) is 0 Å². The smallest absolute Gasteiger partial charge is 0.310 e. The average Bonchev–Trinajstić information content (AvgIpc) is 2.92. The zero-order chi connectivity index (χ0) is 18.0. The molecule has 0 unspecified atom stereocenters. The number of nitrogens with zero attached hydrogens (tertiary/aromatic N) is 2. The molecule has 6 nitrogen and oxygen atoms in total. The number of carbonyl (C=O) groups excluding carboxylic acids is 2. The molecule has 0 saturated carbocycles. The third kappa shape index (κ3) is 2.98. The molecule has 128 valence electrons. The second-order valence-electron chi connectivity index (χ2n) is 5.58. The Morgan fingerprint density at radius 2 is 2.00 bits per heavy atom. The van der Waals surface area contributed by atoms with Gasteiger partial charge in [-0.2, -0.15) is 0 Å². The molecule has 0 N–H and O–H groups in total. The highest BCUT2D eigenvalue weighted by atomic mass is 16.5. The van der Waals surface area contributed by atoms with E-state index in [0.29, 0.717) is 22.5 Å². The van der Waals surface area contributed by atoms with Crippen LogP contribution in [0.3, 0.4) is 0 Å². The van der Waals surface area contributed by atoms with Crippen molar-refractivity contribution in [1.82, 2.24) is 9.55 Å². The summed E-state index contributed by atoms with van der Waals surface area (Å²) < 4.78 is 11.7. The van der Waals surface area contributed by atoms with Crippen molar-refractivity contribution in [3.8, 4) is 5.75 Å². The first-order valence-corrected chi connectivity index (χ1v) is 7.76. The molecular weight excluding hydrogens is 320 g/mol. The number of rotatable bonds is 4. The van der Waals surface area contributed by atoms with Crippen molar-refractivity contribution in [3.05, 3.63) is 59.5 Å². The zero-order valence-electron chi connectivity index (χ0n) is 14.3. The number of pyridine rings is 1. The van der Waals surface area contributed by atoms with E-state index in [0.717, 1.165) is 10.9 Å². The van der Waals surface area contributed by atoms with Gasteiger partial charge in [0.1, 0.15) is 5.75 Å². The van der Waals surface area contributed by atoms with Crippen LogP contribution in [0.1, 0.15) is 21.6 Å². The van der Waals surface area contributed by atoms with Crippen molar-refractivity contribution in [1.29, 1.82) is 0 Å². The van der Waals surface area contributed by atoms with Crippen LogP contribution in [0, 0.1) is 6.92 Å². The zero-order valence-corrected chi connectivity index (χ0v) is 14.3. The highest BCUT2D eigenvalue weighted by Crippen LogP contribution is 2.30. The Labute approximate surface area is 145 Å². The molecule has 0 spiro atoms. The molecule has 3 aromatic rings. The van der Waals surface area contributed by atoms with Gasteiger partial charge >= 0.3 is 5.97 Å². The molecule has 0 radical (unpaired) electrons. The molecule has 6 heteroatoms. The van der Waals surface area contributed by atoms with Gasteiger partial charge in [0.15, 0.2) is 0 Å². The molecule has 0 fully saturated rings. The van der Waals surface area contributed by atoms with Gasteiger partial charge in [0.2, 0.25) is 0 Å². The summed E-state index contributed by atoms with van der Waals surface area (Å²) in [5, 5.41) is 0.791. The summed E-state index contributed by atoms with van der Waals surface area (Å²) in [5.74, 6) is 0.0975. The van der Waals surface area contributed by atoms with E-state index < -0.39 is 0 Å². The Hall–Kier alpha value is -3.15. The molecule has 0 aliphatic carbocycles. The highest BCUT2D eigenvalue weighted by Gasteiger charge is 2.22. The van der Waals surface area contributed by atoms with Crippen LogP contribution in [0.15, 0.2) is 42.7 Å². The lowest BCUT2D eigenvalue weighted by molar-refractivity contribution is -0.139. The largest absolute Gasteiger partial charge is 0.497 e. The summed E-state index contributed by atoms with van der Waals surface area (Å²) >= 11 is 0. The van der Waals surface area contributed by atoms with E-state index in [-0.39, 0.29) is 18.3 Å². The van der Waals surface area contributed by atoms with E-state index in [9.17, 15) is 9.59 Å². The minimum atomic E-state index is -0.362. The summed E-state index contributed by atoms with van der Waals surface area (Å²) in [6, 6.07) is 8.86. The van der Waals surface area contributed by atoms with Gasteiger partial charge in [-0.15, -0.1) is 0 Å². The summed E-state index contributed by atoms with van der Waals surface area (Å²) in [4.78, 5) is 28.8. The van der Waals surface area contributed by atoms with E-state index in [4.69, 9.17) is 9.47 Å². The molecule has 2 aromatic heterocycles. The third-order valence-electron chi connectivity index (χ3n) is 4.20. The normalized spacial score (nSPS) is 10.7. The number of hydrogen-bond donors (Lipinski definition) is 0. The van der Waals surface area contributed by atoms with Gasteiger partial charge in [0.05, 0.1) is 31.7 Å². The van der Waals surface area contributed by atoms with Crippen molar-refractivity contribution in [2.24, 2.45) is 0 Å². The third-order valence-corrected chi connectivity index (χ3v) is 4.20. The molecule has 25 heavy (non-hydrogen) atoms. The fourth-order valence-corrected chi connectivity index (χ4v) is 2.91. The van der Waals surface area contributed by atoms with Crippen LogP contribution in [0.25, 0.3) is 10.9 Å². The maximum absolute atomic E-state index is 13.0. The molecule has 0 amide bonds. The van der Waals surface area contributed by atoms with Crippen LogP contribution in [0.4, 0.5) is 0 Å². The molecule has 0 saturated heterocycles. The number of carbonyl (C=O) groups is 2. The summed E-state index contributed by atoms with van der Waals surface area (Å²) in [5.41, 5.74) is 2.63. The molecule has 1 aromatic carbocycles. The van der Waals surface area contributed by atoms with Crippen LogP contribution in [-0.2, 0) is 16.0 Å². The fourth-order valence-electron chi connectivity index (χ4n) is 2.91. The quantitative estimate of drug-likeness (QED) is 0.684. The van der Waals surface area contributed by atoms with Crippen molar-refractivity contribution < 1.29 is 19.1 Å².